The molecule has 0 aromatic carbocycles. The van der Waals surface area contributed by atoms with Gasteiger partial charge in [-0.2, -0.15) is 0 Å². The normalized spacial score (nSPS) is 15.8. The van der Waals surface area contributed by atoms with Crippen molar-refractivity contribution in [2.24, 2.45) is 0 Å². The molecule has 1 heteroatoms. The summed E-state index contributed by atoms with van der Waals surface area (Å²) in [6.45, 7) is 21.1. The van der Waals surface area contributed by atoms with Gasteiger partial charge in [0, 0.05) is 18.3 Å². The van der Waals surface area contributed by atoms with Crippen LogP contribution in [-0.2, 0) is 0 Å². The highest BCUT2D eigenvalue weighted by molar-refractivity contribution is 5.37. The van der Waals surface area contributed by atoms with Crippen LogP contribution in [-0.4, -0.2) is 17.5 Å². The standard InChI is InChI=1S/C19H33N/c1-10-14-19(8,11-2)20(9)18(7)17(6)13-12-16(5)15(3)4/h12-13H,3,5,10-11,14H2,1-2,4,6-9H3/b13-12-,18-17+. The van der Waals surface area contributed by atoms with Gasteiger partial charge in [0.15, 0.2) is 0 Å². The fraction of sp³-hybridized carbons (Fsp3) is 0.579. The van der Waals surface area contributed by atoms with Crippen molar-refractivity contribution in [3.63, 3.8) is 0 Å². The van der Waals surface area contributed by atoms with Gasteiger partial charge in [-0.25, -0.2) is 0 Å². The SMILES string of the molecule is C=C(C)C(=C)/C=C\C(C)=C(/C)N(C)C(C)(CC)CCC. The van der Waals surface area contributed by atoms with Crippen molar-refractivity contribution in [2.75, 3.05) is 7.05 Å². The van der Waals surface area contributed by atoms with Gasteiger partial charge in [0.25, 0.3) is 0 Å². The van der Waals surface area contributed by atoms with Crippen molar-refractivity contribution in [1.29, 1.82) is 0 Å². The van der Waals surface area contributed by atoms with E-state index in [4.69, 9.17) is 0 Å². The Balaban J connectivity index is 5.18. The molecular formula is C19H33N. The van der Waals surface area contributed by atoms with Crippen molar-refractivity contribution in [3.8, 4) is 0 Å². The quantitative estimate of drug-likeness (QED) is 0.501. The third-order valence-corrected chi connectivity index (χ3v) is 4.52. The first-order chi connectivity index (χ1) is 9.19. The van der Waals surface area contributed by atoms with Crippen LogP contribution in [0.2, 0.25) is 0 Å². The average Bonchev–Trinajstić information content (AvgIpc) is 2.42. The topological polar surface area (TPSA) is 3.24 Å². The molecule has 0 saturated carbocycles. The maximum Gasteiger partial charge on any atom is 0.0365 e. The summed E-state index contributed by atoms with van der Waals surface area (Å²) < 4.78 is 0. The summed E-state index contributed by atoms with van der Waals surface area (Å²) in [6.07, 6.45) is 7.78. The molecule has 0 aliphatic heterocycles. The molecule has 20 heavy (non-hydrogen) atoms. The minimum atomic E-state index is 0.235. The highest BCUT2D eigenvalue weighted by Gasteiger charge is 2.26. The van der Waals surface area contributed by atoms with Crippen LogP contribution in [0.4, 0.5) is 0 Å². The highest BCUT2D eigenvalue weighted by atomic mass is 15.2. The number of hydrogen-bond acceptors (Lipinski definition) is 1. The molecule has 1 unspecified atom stereocenters. The van der Waals surface area contributed by atoms with Crippen LogP contribution in [0.5, 0.6) is 0 Å². The van der Waals surface area contributed by atoms with Crippen LogP contribution >= 0.6 is 0 Å². The van der Waals surface area contributed by atoms with E-state index in [2.05, 4.69) is 71.9 Å². The molecule has 0 aliphatic carbocycles. The van der Waals surface area contributed by atoms with Gasteiger partial charge in [-0.15, -0.1) is 0 Å². The predicted molar refractivity (Wildman–Crippen MR) is 92.8 cm³/mol. The Kier molecular flexibility index (Phi) is 7.63. The van der Waals surface area contributed by atoms with Crippen molar-refractivity contribution in [1.82, 2.24) is 4.90 Å². The highest BCUT2D eigenvalue weighted by Crippen LogP contribution is 2.28. The molecule has 0 saturated heterocycles. The van der Waals surface area contributed by atoms with E-state index in [0.717, 1.165) is 17.6 Å². The zero-order chi connectivity index (χ0) is 15.9. The molecule has 0 radical (unpaired) electrons. The number of hydrogen-bond donors (Lipinski definition) is 0. The Morgan fingerprint density at radius 3 is 2.05 bits per heavy atom. The fourth-order valence-electron chi connectivity index (χ4n) is 2.28. The van der Waals surface area contributed by atoms with Crippen molar-refractivity contribution < 1.29 is 0 Å². The van der Waals surface area contributed by atoms with Gasteiger partial charge in [-0.05, 0) is 51.7 Å². The molecule has 0 aliphatic rings. The Labute approximate surface area is 126 Å². The lowest BCUT2D eigenvalue weighted by Gasteiger charge is -2.41. The van der Waals surface area contributed by atoms with Crippen LogP contribution in [0.1, 0.15) is 60.8 Å². The summed E-state index contributed by atoms with van der Waals surface area (Å²) >= 11 is 0. The van der Waals surface area contributed by atoms with E-state index in [9.17, 15) is 0 Å². The second kappa shape index (κ2) is 8.14. The largest absolute Gasteiger partial charge is 0.373 e. The van der Waals surface area contributed by atoms with Crippen molar-refractivity contribution in [2.45, 2.75) is 66.3 Å². The molecule has 0 heterocycles. The zero-order valence-corrected chi connectivity index (χ0v) is 14.6. The molecule has 0 amide bonds. The van der Waals surface area contributed by atoms with E-state index in [-0.39, 0.29) is 5.54 Å². The smallest absolute Gasteiger partial charge is 0.0365 e. The predicted octanol–water partition coefficient (Wildman–Crippen LogP) is 5.87. The molecule has 0 fully saturated rings. The third kappa shape index (κ3) is 5.03. The number of rotatable bonds is 8. The summed E-state index contributed by atoms with van der Waals surface area (Å²) in [5, 5.41) is 0. The lowest BCUT2D eigenvalue weighted by Crippen LogP contribution is -2.42. The van der Waals surface area contributed by atoms with E-state index in [1.165, 1.54) is 24.1 Å². The van der Waals surface area contributed by atoms with Crippen LogP contribution in [0.3, 0.4) is 0 Å². The van der Waals surface area contributed by atoms with Crippen LogP contribution in [0.15, 0.2) is 47.7 Å². The van der Waals surface area contributed by atoms with Crippen LogP contribution < -0.4 is 0 Å². The maximum atomic E-state index is 4.00. The first kappa shape index (κ1) is 18.8. The molecule has 0 rings (SSSR count). The van der Waals surface area contributed by atoms with Gasteiger partial charge < -0.3 is 4.90 Å². The second-order valence-corrected chi connectivity index (χ2v) is 6.07. The third-order valence-electron chi connectivity index (χ3n) is 4.52. The van der Waals surface area contributed by atoms with Gasteiger partial charge in [0.2, 0.25) is 0 Å². The fourth-order valence-corrected chi connectivity index (χ4v) is 2.28. The van der Waals surface area contributed by atoms with Crippen molar-refractivity contribution in [3.05, 3.63) is 47.7 Å². The first-order valence-electron chi connectivity index (χ1n) is 7.63. The number of nitrogens with zero attached hydrogens (tertiary/aromatic N) is 1. The Bertz CT molecular complexity index is 411. The lowest BCUT2D eigenvalue weighted by atomic mass is 9.90. The van der Waals surface area contributed by atoms with Gasteiger partial charge >= 0.3 is 0 Å². The van der Waals surface area contributed by atoms with E-state index in [0.29, 0.717) is 0 Å². The molecular weight excluding hydrogens is 242 g/mol. The molecule has 114 valence electrons. The first-order valence-corrected chi connectivity index (χ1v) is 7.63. The molecule has 0 aromatic heterocycles. The number of allylic oxidation sites excluding steroid dienone is 6. The maximum absolute atomic E-state index is 4.00. The molecule has 0 N–H and O–H groups in total. The lowest BCUT2D eigenvalue weighted by molar-refractivity contribution is 0.160. The average molecular weight is 275 g/mol. The molecule has 1 nitrogen and oxygen atoms in total. The molecule has 0 bridgehead atoms. The van der Waals surface area contributed by atoms with Gasteiger partial charge in [0.05, 0.1) is 0 Å². The summed E-state index contributed by atoms with van der Waals surface area (Å²) in [5.41, 5.74) is 4.86. The molecule has 1 atom stereocenters. The van der Waals surface area contributed by atoms with E-state index in [1.54, 1.807) is 0 Å². The summed E-state index contributed by atoms with van der Waals surface area (Å²) in [7, 11) is 2.21. The molecule has 0 spiro atoms. The Morgan fingerprint density at radius 2 is 1.65 bits per heavy atom. The van der Waals surface area contributed by atoms with Gasteiger partial charge in [0.1, 0.15) is 0 Å². The van der Waals surface area contributed by atoms with Gasteiger partial charge in [-0.1, -0.05) is 51.2 Å². The van der Waals surface area contributed by atoms with E-state index >= 15 is 0 Å². The summed E-state index contributed by atoms with van der Waals surface area (Å²) in [6, 6.07) is 0. The van der Waals surface area contributed by atoms with Crippen molar-refractivity contribution >= 4 is 0 Å². The van der Waals surface area contributed by atoms with Gasteiger partial charge in [-0.3, -0.25) is 0 Å². The summed E-state index contributed by atoms with van der Waals surface area (Å²) in [5.74, 6) is 0. The minimum absolute atomic E-state index is 0.235. The van der Waals surface area contributed by atoms with Crippen LogP contribution in [0, 0.1) is 0 Å². The monoisotopic (exact) mass is 275 g/mol. The van der Waals surface area contributed by atoms with E-state index < -0.39 is 0 Å². The van der Waals surface area contributed by atoms with E-state index in [1.807, 2.05) is 6.92 Å². The minimum Gasteiger partial charge on any atom is -0.373 e. The Hall–Kier alpha value is -1.24. The zero-order valence-electron chi connectivity index (χ0n) is 14.6. The van der Waals surface area contributed by atoms with Crippen LogP contribution in [0.25, 0.3) is 0 Å². The summed E-state index contributed by atoms with van der Waals surface area (Å²) in [4.78, 5) is 2.43. The Morgan fingerprint density at radius 1 is 1.10 bits per heavy atom. The molecule has 0 aromatic rings. The second-order valence-electron chi connectivity index (χ2n) is 6.07.